The van der Waals surface area contributed by atoms with Gasteiger partial charge in [0.2, 0.25) is 0 Å². The van der Waals surface area contributed by atoms with E-state index in [0.29, 0.717) is 18.4 Å². The Morgan fingerprint density at radius 1 is 1.53 bits per heavy atom. The van der Waals surface area contributed by atoms with E-state index in [1.165, 1.54) is 0 Å². The van der Waals surface area contributed by atoms with E-state index < -0.39 is 0 Å². The molecule has 2 atom stereocenters. The normalized spacial score (nSPS) is 25.4. The van der Waals surface area contributed by atoms with E-state index in [4.69, 9.17) is 5.73 Å². The number of carbonyl (C=O) groups is 1. The standard InChI is InChI=1S/C12H16N2O/c13-11-4-3-9(6-11)7-12(15)10-2-1-5-14-8-10/h1-2,5,8-9,11H,3-4,6-7,13H2. The van der Waals surface area contributed by atoms with E-state index in [0.717, 1.165) is 24.8 Å². The molecule has 0 amide bonds. The molecule has 2 N–H and O–H groups in total. The minimum atomic E-state index is 0.196. The van der Waals surface area contributed by atoms with Gasteiger partial charge < -0.3 is 5.73 Å². The van der Waals surface area contributed by atoms with Crippen LogP contribution in [-0.2, 0) is 0 Å². The largest absolute Gasteiger partial charge is 0.328 e. The Morgan fingerprint density at radius 2 is 2.40 bits per heavy atom. The Kier molecular flexibility index (Phi) is 3.11. The highest BCUT2D eigenvalue weighted by atomic mass is 16.1. The molecule has 1 aliphatic rings. The maximum absolute atomic E-state index is 11.8. The van der Waals surface area contributed by atoms with Crippen LogP contribution in [0.3, 0.4) is 0 Å². The molecule has 3 heteroatoms. The zero-order valence-electron chi connectivity index (χ0n) is 8.73. The van der Waals surface area contributed by atoms with Crippen molar-refractivity contribution < 1.29 is 4.79 Å². The second kappa shape index (κ2) is 4.53. The lowest BCUT2D eigenvalue weighted by atomic mass is 9.98. The van der Waals surface area contributed by atoms with E-state index >= 15 is 0 Å². The topological polar surface area (TPSA) is 56.0 Å². The van der Waals surface area contributed by atoms with E-state index in [1.54, 1.807) is 18.5 Å². The van der Waals surface area contributed by atoms with Crippen LogP contribution >= 0.6 is 0 Å². The molecule has 0 aromatic carbocycles. The van der Waals surface area contributed by atoms with Crippen LogP contribution in [0.15, 0.2) is 24.5 Å². The van der Waals surface area contributed by atoms with Gasteiger partial charge >= 0.3 is 0 Å². The summed E-state index contributed by atoms with van der Waals surface area (Å²) in [7, 11) is 0. The summed E-state index contributed by atoms with van der Waals surface area (Å²) in [6.45, 7) is 0. The smallest absolute Gasteiger partial charge is 0.164 e. The second-order valence-electron chi connectivity index (χ2n) is 4.31. The third-order valence-electron chi connectivity index (χ3n) is 3.04. The van der Waals surface area contributed by atoms with Crippen LogP contribution in [-0.4, -0.2) is 16.8 Å². The molecule has 3 nitrogen and oxygen atoms in total. The molecule has 0 radical (unpaired) electrons. The summed E-state index contributed by atoms with van der Waals surface area (Å²) < 4.78 is 0. The zero-order chi connectivity index (χ0) is 10.7. The predicted octanol–water partition coefficient (Wildman–Crippen LogP) is 1.78. The van der Waals surface area contributed by atoms with Crippen molar-refractivity contribution in [3.63, 3.8) is 0 Å². The average molecular weight is 204 g/mol. The average Bonchev–Trinajstić information content (AvgIpc) is 2.65. The van der Waals surface area contributed by atoms with Gasteiger partial charge in [0.25, 0.3) is 0 Å². The highest BCUT2D eigenvalue weighted by Gasteiger charge is 2.24. The summed E-state index contributed by atoms with van der Waals surface area (Å²) in [4.78, 5) is 15.8. The number of nitrogens with two attached hydrogens (primary N) is 1. The van der Waals surface area contributed by atoms with Gasteiger partial charge in [-0.15, -0.1) is 0 Å². The van der Waals surface area contributed by atoms with Crippen LogP contribution in [0.2, 0.25) is 0 Å². The van der Waals surface area contributed by atoms with E-state index in [1.807, 2.05) is 6.07 Å². The number of rotatable bonds is 3. The molecular formula is C12H16N2O. The lowest BCUT2D eigenvalue weighted by Crippen LogP contribution is -2.15. The maximum atomic E-state index is 11.8. The summed E-state index contributed by atoms with van der Waals surface area (Å²) >= 11 is 0. The molecule has 0 bridgehead atoms. The molecule has 0 saturated heterocycles. The van der Waals surface area contributed by atoms with Gasteiger partial charge in [-0.05, 0) is 37.3 Å². The molecule has 80 valence electrons. The van der Waals surface area contributed by atoms with Crippen LogP contribution in [0.4, 0.5) is 0 Å². The molecule has 1 aromatic rings. The number of nitrogens with zero attached hydrogens (tertiary/aromatic N) is 1. The molecule has 1 heterocycles. The van der Waals surface area contributed by atoms with Crippen molar-refractivity contribution in [3.8, 4) is 0 Å². The molecule has 15 heavy (non-hydrogen) atoms. The number of hydrogen-bond acceptors (Lipinski definition) is 3. The van der Waals surface area contributed by atoms with Gasteiger partial charge in [-0.25, -0.2) is 0 Å². The molecule has 1 aromatic heterocycles. The third-order valence-corrected chi connectivity index (χ3v) is 3.04. The first-order chi connectivity index (χ1) is 7.25. The fourth-order valence-corrected chi connectivity index (χ4v) is 2.21. The first-order valence-electron chi connectivity index (χ1n) is 5.44. The van der Waals surface area contributed by atoms with Crippen molar-refractivity contribution in [2.75, 3.05) is 0 Å². The van der Waals surface area contributed by atoms with Crippen LogP contribution in [0.5, 0.6) is 0 Å². The lowest BCUT2D eigenvalue weighted by molar-refractivity contribution is 0.0961. The lowest BCUT2D eigenvalue weighted by Gasteiger charge is -2.07. The highest BCUT2D eigenvalue weighted by molar-refractivity contribution is 5.95. The van der Waals surface area contributed by atoms with E-state index in [2.05, 4.69) is 4.98 Å². The number of Topliss-reactive ketones (excluding diaryl/α,β-unsaturated/α-hetero) is 1. The molecule has 1 saturated carbocycles. The minimum Gasteiger partial charge on any atom is -0.328 e. The van der Waals surface area contributed by atoms with Crippen molar-refractivity contribution in [3.05, 3.63) is 30.1 Å². The Labute approximate surface area is 89.7 Å². The van der Waals surface area contributed by atoms with Gasteiger partial charge in [0.05, 0.1) is 0 Å². The van der Waals surface area contributed by atoms with Crippen LogP contribution in [0.25, 0.3) is 0 Å². The van der Waals surface area contributed by atoms with Crippen molar-refractivity contribution >= 4 is 5.78 Å². The number of pyridine rings is 1. The molecule has 0 aliphatic heterocycles. The monoisotopic (exact) mass is 204 g/mol. The number of carbonyl (C=O) groups excluding carboxylic acids is 1. The summed E-state index contributed by atoms with van der Waals surface area (Å²) in [5, 5.41) is 0. The first kappa shape index (κ1) is 10.3. The Balaban J connectivity index is 1.93. The van der Waals surface area contributed by atoms with Crippen LogP contribution in [0.1, 0.15) is 36.0 Å². The Morgan fingerprint density at radius 3 is 3.00 bits per heavy atom. The zero-order valence-corrected chi connectivity index (χ0v) is 8.73. The number of ketones is 1. The summed E-state index contributed by atoms with van der Waals surface area (Å²) in [5.41, 5.74) is 6.54. The molecule has 2 rings (SSSR count). The summed E-state index contributed by atoms with van der Waals surface area (Å²) in [6, 6.07) is 3.93. The van der Waals surface area contributed by atoms with E-state index in [-0.39, 0.29) is 5.78 Å². The van der Waals surface area contributed by atoms with Crippen molar-refractivity contribution in [1.29, 1.82) is 0 Å². The van der Waals surface area contributed by atoms with Crippen molar-refractivity contribution in [1.82, 2.24) is 4.98 Å². The highest BCUT2D eigenvalue weighted by Crippen LogP contribution is 2.27. The predicted molar refractivity (Wildman–Crippen MR) is 58.5 cm³/mol. The van der Waals surface area contributed by atoms with Crippen LogP contribution in [0, 0.1) is 5.92 Å². The second-order valence-corrected chi connectivity index (χ2v) is 4.31. The van der Waals surface area contributed by atoms with Gasteiger partial charge in [0, 0.05) is 30.4 Å². The van der Waals surface area contributed by atoms with Crippen molar-refractivity contribution in [2.45, 2.75) is 31.7 Å². The number of hydrogen-bond donors (Lipinski definition) is 1. The Bertz CT molecular complexity index is 337. The summed E-state index contributed by atoms with van der Waals surface area (Å²) in [6.07, 6.45) is 7.09. The van der Waals surface area contributed by atoms with Gasteiger partial charge in [-0.1, -0.05) is 0 Å². The summed E-state index contributed by atoms with van der Waals surface area (Å²) in [5.74, 6) is 0.676. The van der Waals surface area contributed by atoms with Gasteiger partial charge in [-0.2, -0.15) is 0 Å². The molecular weight excluding hydrogens is 188 g/mol. The SMILES string of the molecule is NC1CCC(CC(=O)c2cccnc2)C1. The third kappa shape index (κ3) is 2.63. The van der Waals surface area contributed by atoms with Gasteiger partial charge in [0.1, 0.15) is 0 Å². The quantitative estimate of drug-likeness (QED) is 0.763. The maximum Gasteiger partial charge on any atom is 0.164 e. The fraction of sp³-hybridized carbons (Fsp3) is 0.500. The van der Waals surface area contributed by atoms with Gasteiger partial charge in [0.15, 0.2) is 5.78 Å². The van der Waals surface area contributed by atoms with E-state index in [9.17, 15) is 4.79 Å². The molecule has 2 unspecified atom stereocenters. The molecule has 1 fully saturated rings. The van der Waals surface area contributed by atoms with Crippen LogP contribution < -0.4 is 5.73 Å². The molecule has 1 aliphatic carbocycles. The number of aromatic nitrogens is 1. The first-order valence-corrected chi connectivity index (χ1v) is 5.44. The minimum absolute atomic E-state index is 0.196. The van der Waals surface area contributed by atoms with Crippen molar-refractivity contribution in [2.24, 2.45) is 11.7 Å². The molecule has 0 spiro atoms. The van der Waals surface area contributed by atoms with Gasteiger partial charge in [-0.3, -0.25) is 9.78 Å². The Hall–Kier alpha value is -1.22. The fourth-order valence-electron chi connectivity index (χ4n) is 2.21.